The topological polar surface area (TPSA) is 34.2 Å². The molecule has 0 atom stereocenters. The lowest BCUT2D eigenvalue weighted by Crippen LogP contribution is -1.95. The van der Waals surface area contributed by atoms with Crippen molar-refractivity contribution in [1.29, 1.82) is 0 Å². The Morgan fingerprint density at radius 1 is 1.47 bits per heavy atom. The summed E-state index contributed by atoms with van der Waals surface area (Å²) >= 11 is 1.75. The Balaban J connectivity index is 2.05. The van der Waals surface area contributed by atoms with Gasteiger partial charge in [-0.05, 0) is 24.6 Å². The highest BCUT2D eigenvalue weighted by Crippen LogP contribution is 2.42. The Labute approximate surface area is 104 Å². The van der Waals surface area contributed by atoms with Crippen molar-refractivity contribution in [2.75, 3.05) is 19.0 Å². The highest BCUT2D eigenvalue weighted by atomic mass is 32.1. The number of nitrogens with zero attached hydrogens (tertiary/aromatic N) is 1. The molecule has 1 aromatic heterocycles. The lowest BCUT2D eigenvalue weighted by molar-refractivity contribution is 0.415. The molecule has 0 unspecified atom stereocenters. The van der Waals surface area contributed by atoms with Crippen molar-refractivity contribution < 1.29 is 4.74 Å². The van der Waals surface area contributed by atoms with Gasteiger partial charge in [-0.1, -0.05) is 6.07 Å². The van der Waals surface area contributed by atoms with Crippen molar-refractivity contribution in [3.63, 3.8) is 0 Å². The Bertz CT molecular complexity index is 563. The number of anilines is 1. The minimum atomic E-state index is 0.898. The summed E-state index contributed by atoms with van der Waals surface area (Å²) < 4.78 is 5.27. The summed E-state index contributed by atoms with van der Waals surface area (Å²) in [5.74, 6) is 0.898. The molecule has 88 valence electrons. The Kier molecular flexibility index (Phi) is 2.52. The SMILES string of the molecule is CCNc1nc2c(s1)Cc1ccc(OC)cc1-2. The second-order valence-corrected chi connectivity index (χ2v) is 5.10. The molecule has 1 heterocycles. The predicted molar refractivity (Wildman–Crippen MR) is 71.1 cm³/mol. The van der Waals surface area contributed by atoms with E-state index in [0.29, 0.717) is 0 Å². The monoisotopic (exact) mass is 246 g/mol. The lowest BCUT2D eigenvalue weighted by Gasteiger charge is -2.03. The predicted octanol–water partition coefficient (Wildman–Crippen LogP) is 3.15. The quantitative estimate of drug-likeness (QED) is 0.771. The van der Waals surface area contributed by atoms with Crippen molar-refractivity contribution >= 4 is 16.5 Å². The van der Waals surface area contributed by atoms with Gasteiger partial charge >= 0.3 is 0 Å². The summed E-state index contributed by atoms with van der Waals surface area (Å²) in [5, 5.41) is 4.29. The molecule has 0 saturated heterocycles. The van der Waals surface area contributed by atoms with E-state index < -0.39 is 0 Å². The van der Waals surface area contributed by atoms with Crippen LogP contribution in [0.1, 0.15) is 17.4 Å². The van der Waals surface area contributed by atoms with Gasteiger partial charge in [-0.3, -0.25) is 0 Å². The summed E-state index contributed by atoms with van der Waals surface area (Å²) in [6.07, 6.45) is 0.998. The van der Waals surface area contributed by atoms with Crippen LogP contribution >= 0.6 is 11.3 Å². The van der Waals surface area contributed by atoms with Crippen LogP contribution in [-0.2, 0) is 6.42 Å². The molecule has 1 aromatic carbocycles. The maximum absolute atomic E-state index is 5.27. The van der Waals surface area contributed by atoms with Crippen LogP contribution in [-0.4, -0.2) is 18.6 Å². The van der Waals surface area contributed by atoms with Crippen LogP contribution in [0.15, 0.2) is 18.2 Å². The van der Waals surface area contributed by atoms with Gasteiger partial charge in [0, 0.05) is 23.4 Å². The second-order valence-electron chi connectivity index (χ2n) is 4.02. The molecule has 1 aliphatic carbocycles. The first-order chi connectivity index (χ1) is 8.31. The highest BCUT2D eigenvalue weighted by Gasteiger charge is 2.23. The summed E-state index contributed by atoms with van der Waals surface area (Å²) in [4.78, 5) is 6.00. The molecular formula is C13H14N2OS. The minimum Gasteiger partial charge on any atom is -0.497 e. The van der Waals surface area contributed by atoms with Crippen molar-refractivity contribution in [1.82, 2.24) is 4.98 Å². The number of thiazole rings is 1. The van der Waals surface area contributed by atoms with E-state index in [4.69, 9.17) is 4.74 Å². The molecule has 3 nitrogen and oxygen atoms in total. The van der Waals surface area contributed by atoms with E-state index in [9.17, 15) is 0 Å². The average Bonchev–Trinajstić information content (AvgIpc) is 2.86. The number of fused-ring (bicyclic) bond motifs is 3. The molecule has 0 fully saturated rings. The van der Waals surface area contributed by atoms with E-state index in [1.54, 1.807) is 18.4 Å². The highest BCUT2D eigenvalue weighted by molar-refractivity contribution is 7.16. The van der Waals surface area contributed by atoms with Gasteiger partial charge in [0.2, 0.25) is 0 Å². The normalized spacial score (nSPS) is 12.1. The molecule has 0 bridgehead atoms. The Morgan fingerprint density at radius 2 is 2.35 bits per heavy atom. The van der Waals surface area contributed by atoms with Gasteiger partial charge in [0.25, 0.3) is 0 Å². The third-order valence-electron chi connectivity index (χ3n) is 2.95. The van der Waals surface area contributed by atoms with Gasteiger partial charge in [-0.2, -0.15) is 0 Å². The van der Waals surface area contributed by atoms with Crippen LogP contribution in [0.25, 0.3) is 11.3 Å². The number of nitrogens with one attached hydrogen (secondary N) is 1. The first kappa shape index (κ1) is 10.6. The van der Waals surface area contributed by atoms with Gasteiger partial charge in [0.1, 0.15) is 5.75 Å². The van der Waals surface area contributed by atoms with E-state index in [0.717, 1.165) is 29.5 Å². The van der Waals surface area contributed by atoms with E-state index in [2.05, 4.69) is 29.4 Å². The third kappa shape index (κ3) is 1.69. The van der Waals surface area contributed by atoms with Crippen LogP contribution in [0, 0.1) is 0 Å². The van der Waals surface area contributed by atoms with Crippen molar-refractivity contribution in [2.24, 2.45) is 0 Å². The number of methoxy groups -OCH3 is 1. The fourth-order valence-corrected chi connectivity index (χ4v) is 3.21. The van der Waals surface area contributed by atoms with Gasteiger partial charge in [-0.25, -0.2) is 4.98 Å². The summed E-state index contributed by atoms with van der Waals surface area (Å²) in [6, 6.07) is 6.23. The van der Waals surface area contributed by atoms with E-state index in [1.807, 2.05) is 6.07 Å². The van der Waals surface area contributed by atoms with Crippen LogP contribution in [0.4, 0.5) is 5.13 Å². The number of ether oxygens (including phenoxy) is 1. The summed E-state index contributed by atoms with van der Waals surface area (Å²) in [7, 11) is 1.70. The van der Waals surface area contributed by atoms with Gasteiger partial charge in [0.05, 0.1) is 12.8 Å². The summed E-state index contributed by atoms with van der Waals surface area (Å²) in [5.41, 5.74) is 3.70. The van der Waals surface area contributed by atoms with E-state index in [-0.39, 0.29) is 0 Å². The van der Waals surface area contributed by atoms with Crippen LogP contribution in [0.2, 0.25) is 0 Å². The zero-order valence-corrected chi connectivity index (χ0v) is 10.7. The minimum absolute atomic E-state index is 0.898. The maximum atomic E-state index is 5.27. The van der Waals surface area contributed by atoms with Crippen LogP contribution in [0.3, 0.4) is 0 Å². The average molecular weight is 246 g/mol. The van der Waals surface area contributed by atoms with Crippen LogP contribution in [0.5, 0.6) is 5.75 Å². The molecule has 1 aliphatic rings. The number of hydrogen-bond donors (Lipinski definition) is 1. The Hall–Kier alpha value is -1.55. The number of hydrogen-bond acceptors (Lipinski definition) is 4. The molecule has 0 saturated carbocycles. The number of benzene rings is 1. The van der Waals surface area contributed by atoms with Gasteiger partial charge in [0.15, 0.2) is 5.13 Å². The fourth-order valence-electron chi connectivity index (χ4n) is 2.14. The molecule has 2 aromatic rings. The Morgan fingerprint density at radius 3 is 3.12 bits per heavy atom. The molecule has 0 radical (unpaired) electrons. The largest absolute Gasteiger partial charge is 0.497 e. The molecular weight excluding hydrogens is 232 g/mol. The fraction of sp³-hybridized carbons (Fsp3) is 0.308. The number of rotatable bonds is 3. The molecule has 3 rings (SSSR count). The first-order valence-electron chi connectivity index (χ1n) is 5.72. The lowest BCUT2D eigenvalue weighted by atomic mass is 10.1. The van der Waals surface area contributed by atoms with E-state index in [1.165, 1.54) is 16.0 Å². The first-order valence-corrected chi connectivity index (χ1v) is 6.54. The number of aromatic nitrogens is 1. The standard InChI is InChI=1S/C13H14N2OS/c1-3-14-13-15-12-10-7-9(16-2)5-4-8(10)6-11(12)17-13/h4-5,7H,3,6H2,1-2H3,(H,14,15). The zero-order chi connectivity index (χ0) is 11.8. The third-order valence-corrected chi connectivity index (χ3v) is 3.96. The summed E-state index contributed by atoms with van der Waals surface area (Å²) in [6.45, 7) is 3.00. The molecule has 0 aliphatic heterocycles. The maximum Gasteiger partial charge on any atom is 0.183 e. The molecule has 0 amide bonds. The smallest absolute Gasteiger partial charge is 0.183 e. The molecule has 4 heteroatoms. The zero-order valence-electron chi connectivity index (χ0n) is 9.91. The van der Waals surface area contributed by atoms with Crippen molar-refractivity contribution in [3.05, 3.63) is 28.6 Å². The van der Waals surface area contributed by atoms with Gasteiger partial charge < -0.3 is 10.1 Å². The molecule has 1 N–H and O–H groups in total. The van der Waals surface area contributed by atoms with Crippen molar-refractivity contribution in [3.8, 4) is 17.0 Å². The second kappa shape index (κ2) is 4.04. The van der Waals surface area contributed by atoms with Gasteiger partial charge in [-0.15, -0.1) is 11.3 Å². The van der Waals surface area contributed by atoms with Crippen LogP contribution < -0.4 is 10.1 Å². The van der Waals surface area contributed by atoms with Crippen molar-refractivity contribution in [2.45, 2.75) is 13.3 Å². The van der Waals surface area contributed by atoms with E-state index >= 15 is 0 Å². The molecule has 0 spiro atoms. The molecule has 17 heavy (non-hydrogen) atoms.